The highest BCUT2D eigenvalue weighted by atomic mass is 19.1. The molecule has 1 fully saturated rings. The number of hydrogen-bond acceptors (Lipinski definition) is 6. The van der Waals surface area contributed by atoms with Crippen LogP contribution < -0.4 is 10.2 Å². The van der Waals surface area contributed by atoms with Crippen LogP contribution in [0, 0.1) is 5.82 Å². The van der Waals surface area contributed by atoms with Crippen LogP contribution in [-0.4, -0.2) is 34.1 Å². The predicted molar refractivity (Wildman–Crippen MR) is 84.9 cm³/mol. The Balaban J connectivity index is 1.42. The van der Waals surface area contributed by atoms with Crippen LogP contribution in [-0.2, 0) is 0 Å². The maximum Gasteiger partial charge on any atom is 0.298 e. The van der Waals surface area contributed by atoms with E-state index < -0.39 is 0 Å². The number of nitrogens with one attached hydrogen (secondary N) is 1. The van der Waals surface area contributed by atoms with Crippen molar-refractivity contribution < 1.29 is 8.81 Å². The number of piperidine rings is 1. The lowest BCUT2D eigenvalue weighted by atomic mass is 10.1. The van der Waals surface area contributed by atoms with Gasteiger partial charge >= 0.3 is 0 Å². The Morgan fingerprint density at radius 2 is 2.09 bits per heavy atom. The van der Waals surface area contributed by atoms with Crippen molar-refractivity contribution in [3.05, 3.63) is 42.6 Å². The number of rotatable bonds is 3. The minimum Gasteiger partial charge on any atom is -0.423 e. The summed E-state index contributed by atoms with van der Waals surface area (Å²) < 4.78 is 18.9. The number of hydrogen-bond donors (Lipinski definition) is 1. The van der Waals surface area contributed by atoms with Gasteiger partial charge in [0.05, 0.1) is 0 Å². The fourth-order valence-electron chi connectivity index (χ4n) is 2.82. The van der Waals surface area contributed by atoms with Crippen LogP contribution in [0.15, 0.2) is 41.2 Å². The van der Waals surface area contributed by atoms with E-state index in [1.54, 1.807) is 12.3 Å². The van der Waals surface area contributed by atoms with Crippen molar-refractivity contribution in [1.82, 2.24) is 15.0 Å². The van der Waals surface area contributed by atoms with Gasteiger partial charge in [-0.25, -0.2) is 14.4 Å². The zero-order chi connectivity index (χ0) is 15.6. The van der Waals surface area contributed by atoms with Crippen LogP contribution in [0.2, 0.25) is 0 Å². The van der Waals surface area contributed by atoms with Gasteiger partial charge in [0.2, 0.25) is 0 Å². The lowest BCUT2D eigenvalue weighted by Gasteiger charge is -2.31. The fraction of sp³-hybridized carbons (Fsp3) is 0.312. The molecule has 1 aliphatic heterocycles. The van der Waals surface area contributed by atoms with Crippen molar-refractivity contribution >= 4 is 22.9 Å². The standard InChI is InChI=1S/C16H16FN5O/c17-11-1-2-13-14(9-11)23-16(21-13)22-7-4-12(5-8-22)20-15-3-6-18-10-19-15/h1-3,6,9-10,12H,4-5,7-8H2,(H,18,19,20). The van der Waals surface area contributed by atoms with Gasteiger partial charge in [-0.05, 0) is 31.0 Å². The highest BCUT2D eigenvalue weighted by molar-refractivity contribution is 5.74. The number of anilines is 2. The van der Waals surface area contributed by atoms with E-state index in [1.165, 1.54) is 18.5 Å². The number of nitrogens with zero attached hydrogens (tertiary/aromatic N) is 4. The van der Waals surface area contributed by atoms with Crippen LogP contribution in [0.3, 0.4) is 0 Å². The van der Waals surface area contributed by atoms with Crippen molar-refractivity contribution in [1.29, 1.82) is 0 Å². The van der Waals surface area contributed by atoms with Gasteiger partial charge in [-0.3, -0.25) is 0 Å². The summed E-state index contributed by atoms with van der Waals surface area (Å²) in [5.41, 5.74) is 1.17. The molecule has 0 unspecified atom stereocenters. The van der Waals surface area contributed by atoms with Gasteiger partial charge in [0.25, 0.3) is 6.01 Å². The monoisotopic (exact) mass is 313 g/mol. The molecule has 1 aliphatic rings. The van der Waals surface area contributed by atoms with E-state index in [9.17, 15) is 4.39 Å². The summed E-state index contributed by atoms with van der Waals surface area (Å²) in [5, 5.41) is 3.41. The van der Waals surface area contributed by atoms with Gasteiger partial charge in [-0.15, -0.1) is 0 Å². The molecular formula is C16H16FN5O. The van der Waals surface area contributed by atoms with Crippen LogP contribution in [0.4, 0.5) is 16.2 Å². The van der Waals surface area contributed by atoms with E-state index in [4.69, 9.17) is 4.42 Å². The Morgan fingerprint density at radius 3 is 2.87 bits per heavy atom. The number of benzene rings is 1. The molecule has 6 nitrogen and oxygen atoms in total. The quantitative estimate of drug-likeness (QED) is 0.802. The van der Waals surface area contributed by atoms with Gasteiger partial charge in [0.15, 0.2) is 5.58 Å². The number of halogens is 1. The summed E-state index contributed by atoms with van der Waals surface area (Å²) in [6.07, 6.45) is 5.17. The molecule has 3 aromatic rings. The normalized spacial score (nSPS) is 16.0. The molecule has 0 bridgehead atoms. The number of aromatic nitrogens is 3. The zero-order valence-corrected chi connectivity index (χ0v) is 12.4. The molecule has 7 heteroatoms. The van der Waals surface area contributed by atoms with E-state index in [2.05, 4.69) is 25.2 Å². The smallest absolute Gasteiger partial charge is 0.298 e. The Morgan fingerprint density at radius 1 is 1.22 bits per heavy atom. The molecule has 0 spiro atoms. The van der Waals surface area contributed by atoms with Crippen LogP contribution in [0.25, 0.3) is 11.1 Å². The Hall–Kier alpha value is -2.70. The summed E-state index contributed by atoms with van der Waals surface area (Å²) in [7, 11) is 0. The molecule has 1 aromatic carbocycles. The van der Waals surface area contributed by atoms with Crippen molar-refractivity contribution in [2.24, 2.45) is 0 Å². The van der Waals surface area contributed by atoms with Crippen LogP contribution in [0.5, 0.6) is 0 Å². The first-order valence-corrected chi connectivity index (χ1v) is 7.61. The molecule has 2 aromatic heterocycles. The fourth-order valence-corrected chi connectivity index (χ4v) is 2.82. The number of oxazole rings is 1. The van der Waals surface area contributed by atoms with E-state index in [1.807, 2.05) is 6.07 Å². The van der Waals surface area contributed by atoms with Crippen molar-refractivity contribution in [3.8, 4) is 0 Å². The largest absolute Gasteiger partial charge is 0.423 e. The molecule has 0 radical (unpaired) electrons. The summed E-state index contributed by atoms with van der Waals surface area (Å²) in [6, 6.07) is 7.19. The van der Waals surface area contributed by atoms with Gasteiger partial charge in [0, 0.05) is 31.4 Å². The van der Waals surface area contributed by atoms with Crippen LogP contribution in [0.1, 0.15) is 12.8 Å². The molecule has 118 valence electrons. The Labute approximate surface area is 132 Å². The van der Waals surface area contributed by atoms with E-state index in [0.717, 1.165) is 31.7 Å². The highest BCUT2D eigenvalue weighted by Gasteiger charge is 2.23. The second kappa shape index (κ2) is 5.83. The number of fused-ring (bicyclic) bond motifs is 1. The van der Waals surface area contributed by atoms with E-state index in [-0.39, 0.29) is 5.82 Å². The lowest BCUT2D eigenvalue weighted by molar-refractivity contribution is 0.481. The maximum atomic E-state index is 13.2. The first-order chi connectivity index (χ1) is 11.3. The Kier molecular flexibility index (Phi) is 3.53. The minimum absolute atomic E-state index is 0.312. The van der Waals surface area contributed by atoms with E-state index in [0.29, 0.717) is 23.2 Å². The molecule has 4 rings (SSSR count). The molecule has 3 heterocycles. The first-order valence-electron chi connectivity index (χ1n) is 7.61. The average molecular weight is 313 g/mol. The molecule has 1 N–H and O–H groups in total. The third-order valence-corrected chi connectivity index (χ3v) is 4.04. The molecule has 1 saturated heterocycles. The SMILES string of the molecule is Fc1ccc2nc(N3CCC(Nc4ccncn4)CC3)oc2c1. The van der Waals surface area contributed by atoms with Crippen molar-refractivity contribution in [2.75, 3.05) is 23.3 Å². The Bertz CT molecular complexity index is 799. The molecule has 0 amide bonds. The van der Waals surface area contributed by atoms with E-state index >= 15 is 0 Å². The second-order valence-corrected chi connectivity index (χ2v) is 5.61. The topological polar surface area (TPSA) is 67.1 Å². The zero-order valence-electron chi connectivity index (χ0n) is 12.4. The highest BCUT2D eigenvalue weighted by Crippen LogP contribution is 2.25. The maximum absolute atomic E-state index is 13.2. The van der Waals surface area contributed by atoms with Crippen molar-refractivity contribution in [3.63, 3.8) is 0 Å². The third kappa shape index (κ3) is 2.94. The van der Waals surface area contributed by atoms with Crippen molar-refractivity contribution in [2.45, 2.75) is 18.9 Å². The molecule has 23 heavy (non-hydrogen) atoms. The summed E-state index contributed by atoms with van der Waals surface area (Å²) in [4.78, 5) is 14.6. The third-order valence-electron chi connectivity index (χ3n) is 4.04. The molecule has 0 saturated carbocycles. The lowest BCUT2D eigenvalue weighted by Crippen LogP contribution is -2.39. The van der Waals surface area contributed by atoms with Gasteiger partial charge in [-0.1, -0.05) is 0 Å². The summed E-state index contributed by atoms with van der Waals surface area (Å²) >= 11 is 0. The summed E-state index contributed by atoms with van der Waals surface area (Å²) in [5.74, 6) is 0.531. The molecule has 0 aliphatic carbocycles. The van der Waals surface area contributed by atoms with Gasteiger partial charge < -0.3 is 14.6 Å². The molecule has 0 atom stereocenters. The second-order valence-electron chi connectivity index (χ2n) is 5.61. The molecular weight excluding hydrogens is 297 g/mol. The summed E-state index contributed by atoms with van der Waals surface area (Å²) in [6.45, 7) is 1.66. The first kappa shape index (κ1) is 13.9. The predicted octanol–water partition coefficient (Wildman–Crippen LogP) is 2.84. The van der Waals surface area contributed by atoms with Gasteiger partial charge in [-0.2, -0.15) is 4.98 Å². The van der Waals surface area contributed by atoms with Crippen LogP contribution >= 0.6 is 0 Å². The van der Waals surface area contributed by atoms with Gasteiger partial charge in [0.1, 0.15) is 23.5 Å². The minimum atomic E-state index is -0.312. The average Bonchev–Trinajstić information content (AvgIpc) is 2.99.